The van der Waals surface area contributed by atoms with Crippen LogP contribution in [0.25, 0.3) is 0 Å². The molecule has 0 aromatic rings. The fraction of sp³-hybridized carbons (Fsp3) is 0.923. The Morgan fingerprint density at radius 1 is 1.22 bits per heavy atom. The molecule has 0 aromatic heterocycles. The van der Waals surface area contributed by atoms with Crippen molar-refractivity contribution in [2.45, 2.75) is 45.7 Å². The van der Waals surface area contributed by atoms with Gasteiger partial charge in [0.2, 0.25) is 0 Å². The summed E-state index contributed by atoms with van der Waals surface area (Å²) < 4.78 is 15.6. The number of ether oxygens (including phenoxy) is 3. The lowest BCUT2D eigenvalue weighted by molar-refractivity contribution is -0.151. The van der Waals surface area contributed by atoms with Crippen molar-refractivity contribution in [2.24, 2.45) is 0 Å². The number of esters is 1. The van der Waals surface area contributed by atoms with Crippen molar-refractivity contribution in [2.75, 3.05) is 33.5 Å². The van der Waals surface area contributed by atoms with Gasteiger partial charge in [-0.2, -0.15) is 0 Å². The minimum absolute atomic E-state index is 0.175. The Balaban J connectivity index is 4.05. The second-order valence-electron chi connectivity index (χ2n) is 4.79. The van der Waals surface area contributed by atoms with Gasteiger partial charge in [-0.05, 0) is 27.2 Å². The maximum atomic E-state index is 11.7. The topological polar surface area (TPSA) is 56.8 Å². The standard InChI is InChI=1S/C13H27NO4/c1-6-7-17-8-9-18-10-13(4,12(15)16-5)14-11(2)3/h11,14H,6-10H2,1-5H3. The lowest BCUT2D eigenvalue weighted by Crippen LogP contribution is -2.56. The number of nitrogens with one attached hydrogen (secondary N) is 1. The number of hydrogen-bond acceptors (Lipinski definition) is 5. The zero-order chi connectivity index (χ0) is 14.0. The first kappa shape index (κ1) is 17.4. The van der Waals surface area contributed by atoms with Crippen LogP contribution in [0, 0.1) is 0 Å². The molecule has 0 aliphatic rings. The van der Waals surface area contributed by atoms with E-state index in [1.807, 2.05) is 13.8 Å². The number of carbonyl (C=O) groups excluding carboxylic acids is 1. The van der Waals surface area contributed by atoms with Crippen LogP contribution in [-0.2, 0) is 19.0 Å². The van der Waals surface area contributed by atoms with Gasteiger partial charge in [-0.3, -0.25) is 5.32 Å². The van der Waals surface area contributed by atoms with Crippen molar-refractivity contribution in [3.8, 4) is 0 Å². The van der Waals surface area contributed by atoms with E-state index >= 15 is 0 Å². The minimum Gasteiger partial charge on any atom is -0.468 e. The predicted molar refractivity (Wildman–Crippen MR) is 70.6 cm³/mol. The molecule has 18 heavy (non-hydrogen) atoms. The first-order valence-electron chi connectivity index (χ1n) is 6.48. The lowest BCUT2D eigenvalue weighted by Gasteiger charge is -2.29. The molecule has 5 nitrogen and oxygen atoms in total. The lowest BCUT2D eigenvalue weighted by atomic mass is 10.0. The highest BCUT2D eigenvalue weighted by Crippen LogP contribution is 2.08. The van der Waals surface area contributed by atoms with Crippen molar-refractivity contribution >= 4 is 5.97 Å². The molecule has 0 rings (SSSR count). The first-order chi connectivity index (χ1) is 8.46. The van der Waals surface area contributed by atoms with E-state index < -0.39 is 5.54 Å². The molecule has 1 unspecified atom stereocenters. The van der Waals surface area contributed by atoms with Crippen LogP contribution in [0.3, 0.4) is 0 Å². The van der Waals surface area contributed by atoms with Gasteiger partial charge in [0.15, 0.2) is 0 Å². The molecule has 0 amide bonds. The fourth-order valence-electron chi connectivity index (χ4n) is 1.66. The smallest absolute Gasteiger partial charge is 0.328 e. The van der Waals surface area contributed by atoms with Crippen molar-refractivity contribution in [3.05, 3.63) is 0 Å². The average Bonchev–Trinajstić information content (AvgIpc) is 2.31. The van der Waals surface area contributed by atoms with Gasteiger partial charge in [0.05, 0.1) is 26.9 Å². The highest BCUT2D eigenvalue weighted by atomic mass is 16.5. The summed E-state index contributed by atoms with van der Waals surface area (Å²) in [4.78, 5) is 11.7. The molecule has 0 spiro atoms. The summed E-state index contributed by atoms with van der Waals surface area (Å²) in [6.07, 6.45) is 0.995. The third-order valence-electron chi connectivity index (χ3n) is 2.35. The van der Waals surface area contributed by atoms with E-state index in [2.05, 4.69) is 12.2 Å². The van der Waals surface area contributed by atoms with Gasteiger partial charge in [-0.15, -0.1) is 0 Å². The summed E-state index contributed by atoms with van der Waals surface area (Å²) in [6.45, 7) is 9.83. The van der Waals surface area contributed by atoms with Crippen LogP contribution >= 0.6 is 0 Å². The molecule has 1 atom stereocenters. The Morgan fingerprint density at radius 3 is 2.33 bits per heavy atom. The van der Waals surface area contributed by atoms with Crippen LogP contribution < -0.4 is 5.32 Å². The first-order valence-corrected chi connectivity index (χ1v) is 6.48. The Labute approximate surface area is 110 Å². The molecule has 0 bridgehead atoms. The normalized spacial score (nSPS) is 14.6. The maximum absolute atomic E-state index is 11.7. The molecule has 108 valence electrons. The fourth-order valence-corrected chi connectivity index (χ4v) is 1.66. The van der Waals surface area contributed by atoms with Crippen LogP contribution in [0.4, 0.5) is 0 Å². The highest BCUT2D eigenvalue weighted by Gasteiger charge is 2.35. The van der Waals surface area contributed by atoms with E-state index in [4.69, 9.17) is 14.2 Å². The largest absolute Gasteiger partial charge is 0.468 e. The van der Waals surface area contributed by atoms with E-state index in [1.54, 1.807) is 6.92 Å². The zero-order valence-electron chi connectivity index (χ0n) is 12.2. The molecular weight excluding hydrogens is 234 g/mol. The monoisotopic (exact) mass is 261 g/mol. The molecule has 0 heterocycles. The number of carbonyl (C=O) groups is 1. The summed E-state index contributed by atoms with van der Waals surface area (Å²) >= 11 is 0. The Kier molecular flexibility index (Phi) is 8.97. The predicted octanol–water partition coefficient (Wildman–Crippen LogP) is 1.36. The van der Waals surface area contributed by atoms with Crippen LogP contribution in [-0.4, -0.2) is 51.1 Å². The number of hydrogen-bond donors (Lipinski definition) is 1. The van der Waals surface area contributed by atoms with Gasteiger partial charge in [0, 0.05) is 12.6 Å². The summed E-state index contributed by atoms with van der Waals surface area (Å²) in [7, 11) is 1.38. The third kappa shape index (κ3) is 6.93. The second kappa shape index (κ2) is 9.30. The van der Waals surface area contributed by atoms with E-state index in [-0.39, 0.29) is 18.6 Å². The highest BCUT2D eigenvalue weighted by molar-refractivity contribution is 5.80. The molecule has 0 saturated heterocycles. The van der Waals surface area contributed by atoms with Gasteiger partial charge in [0.25, 0.3) is 0 Å². The Bertz CT molecular complexity index is 233. The summed E-state index contributed by atoms with van der Waals surface area (Å²) in [5.74, 6) is -0.314. The molecule has 0 saturated carbocycles. The van der Waals surface area contributed by atoms with Gasteiger partial charge in [-0.25, -0.2) is 4.79 Å². The summed E-state index contributed by atoms with van der Waals surface area (Å²) in [5, 5.41) is 3.17. The molecular formula is C13H27NO4. The van der Waals surface area contributed by atoms with Crippen molar-refractivity contribution < 1.29 is 19.0 Å². The van der Waals surface area contributed by atoms with Crippen LogP contribution in [0.15, 0.2) is 0 Å². The van der Waals surface area contributed by atoms with Crippen molar-refractivity contribution in [1.29, 1.82) is 0 Å². The van der Waals surface area contributed by atoms with E-state index in [9.17, 15) is 4.79 Å². The third-order valence-corrected chi connectivity index (χ3v) is 2.35. The summed E-state index contributed by atoms with van der Waals surface area (Å²) in [6, 6.07) is 0.175. The second-order valence-corrected chi connectivity index (χ2v) is 4.79. The minimum atomic E-state index is -0.812. The van der Waals surface area contributed by atoms with Gasteiger partial charge < -0.3 is 14.2 Å². The molecule has 0 aliphatic carbocycles. The van der Waals surface area contributed by atoms with Crippen molar-refractivity contribution in [3.63, 3.8) is 0 Å². The van der Waals surface area contributed by atoms with Gasteiger partial charge >= 0.3 is 5.97 Å². The summed E-state index contributed by atoms with van der Waals surface area (Å²) in [5.41, 5.74) is -0.812. The van der Waals surface area contributed by atoms with Crippen LogP contribution in [0.1, 0.15) is 34.1 Å². The maximum Gasteiger partial charge on any atom is 0.328 e. The van der Waals surface area contributed by atoms with E-state index in [1.165, 1.54) is 7.11 Å². The van der Waals surface area contributed by atoms with Gasteiger partial charge in [-0.1, -0.05) is 6.92 Å². The van der Waals surface area contributed by atoms with Gasteiger partial charge in [0.1, 0.15) is 5.54 Å². The molecule has 0 fully saturated rings. The molecule has 5 heteroatoms. The van der Waals surface area contributed by atoms with Crippen LogP contribution in [0.2, 0.25) is 0 Å². The Morgan fingerprint density at radius 2 is 1.83 bits per heavy atom. The molecule has 1 N–H and O–H groups in total. The van der Waals surface area contributed by atoms with Crippen LogP contribution in [0.5, 0.6) is 0 Å². The Hall–Kier alpha value is -0.650. The van der Waals surface area contributed by atoms with E-state index in [0.717, 1.165) is 13.0 Å². The molecule has 0 radical (unpaired) electrons. The van der Waals surface area contributed by atoms with E-state index in [0.29, 0.717) is 13.2 Å². The average molecular weight is 261 g/mol. The number of methoxy groups -OCH3 is 1. The quantitative estimate of drug-likeness (QED) is 0.475. The SMILES string of the molecule is CCCOCCOCC(C)(NC(C)C)C(=O)OC. The zero-order valence-corrected chi connectivity index (χ0v) is 12.2. The molecule has 0 aromatic carbocycles. The molecule has 0 aliphatic heterocycles. The van der Waals surface area contributed by atoms with Crippen molar-refractivity contribution in [1.82, 2.24) is 5.32 Å². The number of rotatable bonds is 10.